The molecule has 3 aromatic carbocycles. The van der Waals surface area contributed by atoms with Gasteiger partial charge in [-0.05, 0) is 84.5 Å². The first-order valence-corrected chi connectivity index (χ1v) is 16.2. The lowest BCUT2D eigenvalue weighted by Crippen LogP contribution is -2.25. The summed E-state index contributed by atoms with van der Waals surface area (Å²) in [6.07, 6.45) is 9.51. The van der Waals surface area contributed by atoms with E-state index in [0.29, 0.717) is 0 Å². The van der Waals surface area contributed by atoms with Crippen LogP contribution in [0.4, 0.5) is 0 Å². The van der Waals surface area contributed by atoms with E-state index in [0.717, 1.165) is 6.54 Å². The Balaban J connectivity index is 1.80. The Morgan fingerprint density at radius 1 is 0.800 bits per heavy atom. The third kappa shape index (κ3) is 4.17. The molecule has 1 aliphatic rings. The summed E-state index contributed by atoms with van der Waals surface area (Å²) < 4.78 is 2.44. The molecule has 1 nitrogen and oxygen atoms in total. The van der Waals surface area contributed by atoms with Crippen LogP contribution in [0.5, 0.6) is 0 Å². The lowest BCUT2D eigenvalue weighted by Gasteiger charge is -2.24. The maximum atomic E-state index is 2.45. The van der Waals surface area contributed by atoms with E-state index in [1.165, 1.54) is 60.4 Å². The van der Waals surface area contributed by atoms with Gasteiger partial charge in [-0.15, -0.1) is 0 Å². The smallest absolute Gasteiger partial charge is 0.0784 e. The van der Waals surface area contributed by atoms with Gasteiger partial charge in [-0.1, -0.05) is 85.5 Å². The molecule has 5 rings (SSSR count). The number of benzene rings is 3. The number of para-hydroxylation sites is 1. The van der Waals surface area contributed by atoms with Gasteiger partial charge in [0.1, 0.15) is 0 Å². The number of hydrogen-bond donors (Lipinski definition) is 0. The lowest BCUT2D eigenvalue weighted by atomic mass is 9.94. The molecule has 176 valence electrons. The van der Waals surface area contributed by atoms with Crippen molar-refractivity contribution in [3.8, 4) is 0 Å². The van der Waals surface area contributed by atoms with Gasteiger partial charge >= 0.3 is 0 Å². The number of fused-ring (bicyclic) bond motifs is 3. The molecular weight excluding hydrogens is 438 g/mol. The highest BCUT2D eigenvalue weighted by Gasteiger charge is 2.26. The van der Waals surface area contributed by atoms with E-state index in [4.69, 9.17) is 0 Å². The number of rotatable bonds is 4. The maximum absolute atomic E-state index is 2.45. The molecule has 0 atom stereocenters. The van der Waals surface area contributed by atoms with Gasteiger partial charge in [0.25, 0.3) is 0 Å². The molecular formula is C33H35NSi. The fraction of sp³-hybridized carbons (Fsp3) is 0.212. The Kier molecular flexibility index (Phi) is 6.02. The number of allylic oxidation sites excluding steroid dienone is 8. The van der Waals surface area contributed by atoms with Gasteiger partial charge in [0.05, 0.1) is 8.07 Å². The predicted molar refractivity (Wildman–Crippen MR) is 157 cm³/mol. The second kappa shape index (κ2) is 9.01. The zero-order chi connectivity index (χ0) is 24.7. The first kappa shape index (κ1) is 23.4. The van der Waals surface area contributed by atoms with Crippen LogP contribution in [0.1, 0.15) is 30.5 Å². The summed E-state index contributed by atoms with van der Waals surface area (Å²) in [5, 5.41) is 4.17. The first-order valence-electron chi connectivity index (χ1n) is 12.7. The van der Waals surface area contributed by atoms with E-state index < -0.39 is 8.07 Å². The predicted octanol–water partition coefficient (Wildman–Crippen LogP) is 9.35. The Morgan fingerprint density at radius 2 is 1.51 bits per heavy atom. The van der Waals surface area contributed by atoms with Crippen LogP contribution in [-0.4, -0.2) is 12.6 Å². The van der Waals surface area contributed by atoms with Crippen molar-refractivity contribution >= 4 is 41.0 Å². The van der Waals surface area contributed by atoms with E-state index in [9.17, 15) is 0 Å². The van der Waals surface area contributed by atoms with Crippen molar-refractivity contribution in [3.05, 3.63) is 118 Å². The van der Waals surface area contributed by atoms with Crippen LogP contribution in [0.25, 0.3) is 33.0 Å². The SMILES string of the molecule is C/C=C1/C=C(c2cc3c4ccccc4n(CC)c3cc2C)C=C(c2ccccc2)C([Si](C)(C)C)=C1. The maximum Gasteiger partial charge on any atom is 0.0784 e. The standard InChI is InChI=1S/C33H35NSi/c1-7-24-19-26(21-29(25-14-10-9-11-15-25)33(20-24)35(4,5)6)28-22-30-27-16-12-13-17-31(27)34(8-2)32(30)18-23(28)3/h7,9-22H,8H2,1-6H3/b24-7-. The van der Waals surface area contributed by atoms with E-state index in [1.807, 2.05) is 0 Å². The molecule has 0 fully saturated rings. The molecule has 0 aliphatic heterocycles. The zero-order valence-corrected chi connectivity index (χ0v) is 22.8. The quantitative estimate of drug-likeness (QED) is 0.260. The second-order valence-corrected chi connectivity index (χ2v) is 15.6. The number of aromatic nitrogens is 1. The van der Waals surface area contributed by atoms with Crippen molar-refractivity contribution in [2.24, 2.45) is 0 Å². The molecule has 1 aliphatic carbocycles. The summed E-state index contributed by atoms with van der Waals surface area (Å²) >= 11 is 0. The minimum absolute atomic E-state index is 0.968. The number of aryl methyl sites for hydroxylation is 2. The lowest BCUT2D eigenvalue weighted by molar-refractivity contribution is 0.827. The molecule has 0 saturated heterocycles. The topological polar surface area (TPSA) is 4.93 Å². The minimum atomic E-state index is -1.60. The van der Waals surface area contributed by atoms with Crippen molar-refractivity contribution in [3.63, 3.8) is 0 Å². The molecule has 4 aromatic rings. The molecule has 2 heteroatoms. The summed E-state index contributed by atoms with van der Waals surface area (Å²) in [4.78, 5) is 0. The molecule has 0 amide bonds. The monoisotopic (exact) mass is 473 g/mol. The van der Waals surface area contributed by atoms with Crippen molar-refractivity contribution in [1.29, 1.82) is 0 Å². The van der Waals surface area contributed by atoms with Crippen molar-refractivity contribution in [2.45, 2.75) is 47.0 Å². The highest BCUT2D eigenvalue weighted by molar-refractivity contribution is 6.85. The van der Waals surface area contributed by atoms with Gasteiger partial charge < -0.3 is 4.57 Å². The Labute approximate surface area is 210 Å². The van der Waals surface area contributed by atoms with E-state index in [2.05, 4.69) is 136 Å². The average Bonchev–Trinajstić information content (AvgIpc) is 3.01. The molecule has 0 spiro atoms. The van der Waals surface area contributed by atoms with Crippen LogP contribution in [-0.2, 0) is 6.54 Å². The second-order valence-electron chi connectivity index (χ2n) is 10.6. The first-order chi connectivity index (χ1) is 16.8. The molecule has 0 N–H and O–H groups in total. The molecule has 1 heterocycles. The Morgan fingerprint density at radius 3 is 2.20 bits per heavy atom. The normalized spacial score (nSPS) is 15.8. The molecule has 0 unspecified atom stereocenters. The molecule has 0 radical (unpaired) electrons. The Bertz CT molecular complexity index is 1550. The summed E-state index contributed by atoms with van der Waals surface area (Å²) in [5.74, 6) is 0. The summed E-state index contributed by atoms with van der Waals surface area (Å²) in [5.41, 5.74) is 10.5. The fourth-order valence-corrected chi connectivity index (χ4v) is 7.01. The Hall–Kier alpha value is -3.36. The highest BCUT2D eigenvalue weighted by Crippen LogP contribution is 2.39. The summed E-state index contributed by atoms with van der Waals surface area (Å²) in [6, 6.07) is 24.5. The van der Waals surface area contributed by atoms with Crippen LogP contribution in [0, 0.1) is 6.92 Å². The molecule has 0 bridgehead atoms. The summed E-state index contributed by atoms with van der Waals surface area (Å²) in [7, 11) is -1.60. The molecule has 1 aromatic heterocycles. The van der Waals surface area contributed by atoms with Gasteiger partial charge in [-0.25, -0.2) is 0 Å². The van der Waals surface area contributed by atoms with E-state index >= 15 is 0 Å². The van der Waals surface area contributed by atoms with E-state index in [-0.39, 0.29) is 0 Å². The number of nitrogens with zero attached hydrogens (tertiary/aromatic N) is 1. The fourth-order valence-electron chi connectivity index (χ4n) is 5.39. The summed E-state index contributed by atoms with van der Waals surface area (Å²) in [6.45, 7) is 15.0. The largest absolute Gasteiger partial charge is 0.341 e. The zero-order valence-electron chi connectivity index (χ0n) is 21.8. The average molecular weight is 474 g/mol. The van der Waals surface area contributed by atoms with Crippen LogP contribution in [0.3, 0.4) is 0 Å². The highest BCUT2D eigenvalue weighted by atomic mass is 28.3. The number of hydrogen-bond acceptors (Lipinski definition) is 0. The van der Waals surface area contributed by atoms with Gasteiger partial charge in [0, 0.05) is 28.4 Å². The van der Waals surface area contributed by atoms with Crippen molar-refractivity contribution < 1.29 is 0 Å². The van der Waals surface area contributed by atoms with Crippen LogP contribution >= 0.6 is 0 Å². The van der Waals surface area contributed by atoms with E-state index in [1.54, 1.807) is 0 Å². The van der Waals surface area contributed by atoms with Crippen molar-refractivity contribution in [1.82, 2.24) is 4.57 Å². The third-order valence-electron chi connectivity index (χ3n) is 7.20. The van der Waals surface area contributed by atoms with Gasteiger partial charge in [0.2, 0.25) is 0 Å². The van der Waals surface area contributed by atoms with Gasteiger partial charge in [-0.2, -0.15) is 0 Å². The molecule has 0 saturated carbocycles. The van der Waals surface area contributed by atoms with Crippen molar-refractivity contribution in [2.75, 3.05) is 0 Å². The van der Waals surface area contributed by atoms with Gasteiger partial charge in [-0.3, -0.25) is 0 Å². The minimum Gasteiger partial charge on any atom is -0.341 e. The van der Waals surface area contributed by atoms with Gasteiger partial charge in [0.15, 0.2) is 0 Å². The third-order valence-corrected chi connectivity index (χ3v) is 9.22. The molecule has 35 heavy (non-hydrogen) atoms. The van der Waals surface area contributed by atoms with Crippen LogP contribution in [0.2, 0.25) is 19.6 Å². The van der Waals surface area contributed by atoms with Crippen LogP contribution < -0.4 is 0 Å². The van der Waals surface area contributed by atoms with Crippen LogP contribution in [0.15, 0.2) is 102 Å².